The van der Waals surface area contributed by atoms with E-state index in [9.17, 15) is 13.2 Å². The van der Waals surface area contributed by atoms with Crippen LogP contribution in [0.5, 0.6) is 5.75 Å². The first kappa shape index (κ1) is 20.1. The van der Waals surface area contributed by atoms with Gasteiger partial charge >= 0.3 is 0 Å². The maximum atomic E-state index is 12.3. The van der Waals surface area contributed by atoms with E-state index >= 15 is 0 Å². The van der Waals surface area contributed by atoms with Crippen molar-refractivity contribution >= 4 is 15.7 Å². The lowest BCUT2D eigenvalue weighted by Gasteiger charge is -2.28. The fourth-order valence-corrected chi connectivity index (χ4v) is 5.80. The molecule has 3 rings (SSSR count). The van der Waals surface area contributed by atoms with Crippen molar-refractivity contribution in [2.24, 2.45) is 0 Å². The highest BCUT2D eigenvalue weighted by atomic mass is 32.2. The summed E-state index contributed by atoms with van der Waals surface area (Å²) in [6.07, 6.45) is 2.18. The third kappa shape index (κ3) is 5.23. The molecule has 0 aliphatic carbocycles. The second kappa shape index (κ2) is 7.80. The first-order valence-corrected chi connectivity index (χ1v) is 11.4. The Kier molecular flexibility index (Phi) is 5.82. The van der Waals surface area contributed by atoms with Crippen LogP contribution in [0, 0.1) is 0 Å². The van der Waals surface area contributed by atoms with Crippen LogP contribution < -0.4 is 10.1 Å². The Morgan fingerprint density at radius 1 is 1.15 bits per heavy atom. The average molecular weight is 395 g/mol. The molecule has 0 radical (unpaired) electrons. The molecule has 1 aromatic rings. The number of likely N-dealkylation sites (tertiary alicyclic amines) is 1. The van der Waals surface area contributed by atoms with Gasteiger partial charge < -0.3 is 10.1 Å². The van der Waals surface area contributed by atoms with Gasteiger partial charge in [0.1, 0.15) is 5.75 Å². The molecule has 0 aromatic heterocycles. The van der Waals surface area contributed by atoms with Gasteiger partial charge in [-0.1, -0.05) is 32.9 Å². The van der Waals surface area contributed by atoms with Crippen LogP contribution in [0.3, 0.4) is 0 Å². The predicted molar refractivity (Wildman–Crippen MR) is 106 cm³/mol. The molecule has 2 aliphatic heterocycles. The summed E-state index contributed by atoms with van der Waals surface area (Å²) in [5.74, 6) is 0.502. The number of amides is 1. The van der Waals surface area contributed by atoms with Crippen LogP contribution in [0.1, 0.15) is 39.2 Å². The third-order valence-electron chi connectivity index (χ3n) is 5.37. The second-order valence-corrected chi connectivity index (χ2v) is 10.8. The number of nitrogens with one attached hydrogen (secondary N) is 1. The zero-order chi connectivity index (χ0) is 19.7. The number of carbonyl (C=O) groups is 1. The number of benzene rings is 1. The molecule has 6 nitrogen and oxygen atoms in total. The quantitative estimate of drug-likeness (QED) is 0.823. The number of carbonyl (C=O) groups excluding carboxylic acids is 1. The summed E-state index contributed by atoms with van der Waals surface area (Å²) < 4.78 is 29.7. The van der Waals surface area contributed by atoms with Crippen LogP contribution in [0.15, 0.2) is 24.3 Å². The van der Waals surface area contributed by atoms with Crippen molar-refractivity contribution in [3.63, 3.8) is 0 Å². The fraction of sp³-hybridized carbons (Fsp3) is 0.650. The van der Waals surface area contributed by atoms with Crippen molar-refractivity contribution in [3.8, 4) is 5.75 Å². The molecule has 2 aliphatic rings. The zero-order valence-electron chi connectivity index (χ0n) is 16.4. The topological polar surface area (TPSA) is 75.7 Å². The van der Waals surface area contributed by atoms with E-state index in [0.717, 1.165) is 25.9 Å². The summed E-state index contributed by atoms with van der Waals surface area (Å²) in [4.78, 5) is 14.5. The molecule has 1 aromatic carbocycles. The highest BCUT2D eigenvalue weighted by molar-refractivity contribution is 7.91. The van der Waals surface area contributed by atoms with Crippen LogP contribution in [-0.4, -0.2) is 62.5 Å². The summed E-state index contributed by atoms with van der Waals surface area (Å²) in [5, 5.41) is 2.88. The van der Waals surface area contributed by atoms with E-state index in [1.807, 2.05) is 24.3 Å². The minimum atomic E-state index is -3.11. The normalized spacial score (nSPS) is 25.4. The van der Waals surface area contributed by atoms with Gasteiger partial charge in [-0.25, -0.2) is 8.42 Å². The van der Waals surface area contributed by atoms with Gasteiger partial charge in [0.05, 0.1) is 17.5 Å². The van der Waals surface area contributed by atoms with Gasteiger partial charge in [-0.3, -0.25) is 9.69 Å². The van der Waals surface area contributed by atoms with Crippen molar-refractivity contribution in [1.82, 2.24) is 10.2 Å². The summed E-state index contributed by atoms with van der Waals surface area (Å²) >= 11 is 0. The lowest BCUT2D eigenvalue weighted by atomic mass is 9.87. The maximum Gasteiger partial charge on any atom is 0.258 e. The largest absolute Gasteiger partial charge is 0.484 e. The van der Waals surface area contributed by atoms with E-state index in [-0.39, 0.29) is 41.5 Å². The number of nitrogens with zero attached hydrogens (tertiary/aromatic N) is 1. The summed E-state index contributed by atoms with van der Waals surface area (Å²) in [6.45, 7) is 8.12. The average Bonchev–Trinajstić information content (AvgIpc) is 3.20. The molecular weight excluding hydrogens is 364 g/mol. The summed E-state index contributed by atoms with van der Waals surface area (Å²) in [7, 11) is -3.11. The first-order valence-electron chi connectivity index (χ1n) is 9.61. The molecule has 2 unspecified atom stereocenters. The van der Waals surface area contributed by atoms with Gasteiger partial charge in [0.15, 0.2) is 16.4 Å². The summed E-state index contributed by atoms with van der Waals surface area (Å²) in [5.41, 5.74) is 1.26. The Labute approximate surface area is 162 Å². The van der Waals surface area contributed by atoms with E-state index in [2.05, 4.69) is 31.0 Å². The van der Waals surface area contributed by atoms with Crippen molar-refractivity contribution in [1.29, 1.82) is 0 Å². The SMILES string of the molecule is CC(C)(C)c1ccc(OCC(=O)NC2CS(=O)(=O)CC2N2CCCC2)cc1. The molecule has 7 heteroatoms. The highest BCUT2D eigenvalue weighted by Gasteiger charge is 2.42. The van der Waals surface area contributed by atoms with Gasteiger partial charge in [0.2, 0.25) is 0 Å². The first-order chi connectivity index (χ1) is 12.6. The summed E-state index contributed by atoms with van der Waals surface area (Å²) in [6, 6.07) is 7.25. The smallest absolute Gasteiger partial charge is 0.258 e. The van der Waals surface area contributed by atoms with Crippen LogP contribution in [-0.2, 0) is 20.0 Å². The van der Waals surface area contributed by atoms with E-state index in [1.54, 1.807) is 0 Å². The van der Waals surface area contributed by atoms with Gasteiger partial charge in [-0.15, -0.1) is 0 Å². The van der Waals surface area contributed by atoms with Crippen molar-refractivity contribution in [3.05, 3.63) is 29.8 Å². The van der Waals surface area contributed by atoms with Gasteiger partial charge in [-0.2, -0.15) is 0 Å². The van der Waals surface area contributed by atoms with Gasteiger partial charge in [0, 0.05) is 6.04 Å². The van der Waals surface area contributed by atoms with Crippen LogP contribution >= 0.6 is 0 Å². The Balaban J connectivity index is 1.55. The fourth-order valence-electron chi connectivity index (χ4n) is 3.85. The molecule has 2 fully saturated rings. The Morgan fingerprint density at radius 3 is 2.37 bits per heavy atom. The van der Waals surface area contributed by atoms with Crippen molar-refractivity contribution in [2.75, 3.05) is 31.2 Å². The maximum absolute atomic E-state index is 12.3. The standard InChI is InChI=1S/C20H30N2O4S/c1-20(2,3)15-6-8-16(9-7-15)26-12-19(23)21-17-13-27(24,25)14-18(17)22-10-4-5-11-22/h6-9,17-18H,4-5,10-14H2,1-3H3,(H,21,23). The highest BCUT2D eigenvalue weighted by Crippen LogP contribution is 2.25. The molecule has 0 spiro atoms. The van der Waals surface area contributed by atoms with Crippen molar-refractivity contribution in [2.45, 2.75) is 51.1 Å². The number of hydrogen-bond acceptors (Lipinski definition) is 5. The van der Waals surface area contributed by atoms with Crippen molar-refractivity contribution < 1.29 is 17.9 Å². The minimum Gasteiger partial charge on any atom is -0.484 e. The third-order valence-corrected chi connectivity index (χ3v) is 7.09. The van der Waals surface area contributed by atoms with Crippen LogP contribution in [0.25, 0.3) is 0 Å². The molecule has 1 N–H and O–H groups in total. The molecule has 2 saturated heterocycles. The predicted octanol–water partition coefficient (Wildman–Crippen LogP) is 1.74. The minimum absolute atomic E-state index is 0.0141. The number of sulfone groups is 1. The number of ether oxygens (including phenoxy) is 1. The Morgan fingerprint density at radius 2 is 1.78 bits per heavy atom. The monoisotopic (exact) mass is 394 g/mol. The molecule has 0 saturated carbocycles. The molecule has 1 amide bonds. The lowest BCUT2D eigenvalue weighted by Crippen LogP contribution is -2.51. The Bertz CT molecular complexity index is 762. The molecule has 2 atom stereocenters. The lowest BCUT2D eigenvalue weighted by molar-refractivity contribution is -0.124. The molecule has 27 heavy (non-hydrogen) atoms. The van der Waals surface area contributed by atoms with Crippen LogP contribution in [0.2, 0.25) is 0 Å². The molecule has 150 valence electrons. The molecule has 0 bridgehead atoms. The zero-order valence-corrected chi connectivity index (χ0v) is 17.2. The number of rotatable bonds is 5. The van der Waals surface area contributed by atoms with Crippen LogP contribution in [0.4, 0.5) is 0 Å². The van der Waals surface area contributed by atoms with E-state index in [1.165, 1.54) is 5.56 Å². The molecule has 2 heterocycles. The van der Waals surface area contributed by atoms with E-state index < -0.39 is 9.84 Å². The Hall–Kier alpha value is -1.60. The molecular formula is C20H30N2O4S. The van der Waals surface area contributed by atoms with Gasteiger partial charge in [0.25, 0.3) is 5.91 Å². The van der Waals surface area contributed by atoms with E-state index in [0.29, 0.717) is 5.75 Å². The van der Waals surface area contributed by atoms with Gasteiger partial charge in [-0.05, 0) is 49.0 Å². The van der Waals surface area contributed by atoms with E-state index in [4.69, 9.17) is 4.74 Å². The number of hydrogen-bond donors (Lipinski definition) is 1. The second-order valence-electron chi connectivity index (χ2n) is 8.62.